The van der Waals surface area contributed by atoms with Crippen molar-refractivity contribution in [3.8, 4) is 0 Å². The zero-order valence-corrected chi connectivity index (χ0v) is 8.59. The molecule has 3 heteroatoms. The third-order valence-corrected chi connectivity index (χ3v) is 2.87. The van der Waals surface area contributed by atoms with Crippen LogP contribution in [0.15, 0.2) is 6.20 Å². The Morgan fingerprint density at radius 2 is 2.23 bits per heavy atom. The molecule has 1 N–H and O–H groups in total. The molecule has 13 heavy (non-hydrogen) atoms. The van der Waals surface area contributed by atoms with E-state index in [-0.39, 0.29) is 0 Å². The highest BCUT2D eigenvalue weighted by molar-refractivity contribution is 5.33. The van der Waals surface area contributed by atoms with Gasteiger partial charge in [-0.3, -0.25) is 0 Å². The molecule has 1 aromatic heterocycles. The molecule has 0 amide bonds. The van der Waals surface area contributed by atoms with Gasteiger partial charge in [0.2, 0.25) is 5.95 Å². The highest BCUT2D eigenvalue weighted by Crippen LogP contribution is 2.34. The van der Waals surface area contributed by atoms with Crippen molar-refractivity contribution in [1.29, 1.82) is 0 Å². The largest absolute Gasteiger partial charge is 0.351 e. The van der Waals surface area contributed by atoms with Gasteiger partial charge in [-0.05, 0) is 33.1 Å². The van der Waals surface area contributed by atoms with E-state index in [1.54, 1.807) is 0 Å². The van der Waals surface area contributed by atoms with E-state index in [0.717, 1.165) is 11.6 Å². The minimum Gasteiger partial charge on any atom is -0.351 e. The van der Waals surface area contributed by atoms with Crippen LogP contribution < -0.4 is 5.32 Å². The normalized spacial score (nSPS) is 19.6. The molecule has 2 rings (SSSR count). The molecule has 0 aromatic carbocycles. The monoisotopic (exact) mass is 179 g/mol. The van der Waals surface area contributed by atoms with Crippen LogP contribution in [0.3, 0.4) is 0 Å². The van der Waals surface area contributed by atoms with Crippen molar-refractivity contribution in [2.75, 3.05) is 5.32 Å². The first-order valence-electron chi connectivity index (χ1n) is 4.87. The van der Waals surface area contributed by atoms with E-state index in [0.29, 0.717) is 5.54 Å². The summed E-state index contributed by atoms with van der Waals surface area (Å²) in [4.78, 5) is 4.43. The fraction of sp³-hybridized carbons (Fsp3) is 0.700. The number of hydrogen-bond acceptors (Lipinski definition) is 2. The van der Waals surface area contributed by atoms with E-state index in [2.05, 4.69) is 21.8 Å². The molecule has 0 spiro atoms. The molecule has 72 valence electrons. The second-order valence-corrected chi connectivity index (χ2v) is 4.36. The first-order chi connectivity index (χ1) is 6.09. The lowest BCUT2D eigenvalue weighted by atomic mass is 9.79. The number of anilines is 1. The molecule has 1 aliphatic rings. The van der Waals surface area contributed by atoms with Gasteiger partial charge in [0.25, 0.3) is 0 Å². The average Bonchev–Trinajstić information content (AvgIpc) is 2.27. The second kappa shape index (κ2) is 2.76. The molecule has 3 nitrogen and oxygen atoms in total. The van der Waals surface area contributed by atoms with E-state index in [1.807, 2.05) is 20.2 Å². The van der Waals surface area contributed by atoms with Gasteiger partial charge in [-0.25, -0.2) is 4.98 Å². The van der Waals surface area contributed by atoms with Gasteiger partial charge in [-0.15, -0.1) is 0 Å². The van der Waals surface area contributed by atoms with Crippen LogP contribution in [0.25, 0.3) is 0 Å². The van der Waals surface area contributed by atoms with Gasteiger partial charge < -0.3 is 9.88 Å². The molecule has 0 radical (unpaired) electrons. The number of rotatable bonds is 2. The maximum absolute atomic E-state index is 4.43. The molecular formula is C10H17N3. The van der Waals surface area contributed by atoms with Gasteiger partial charge in [0.1, 0.15) is 0 Å². The standard InChI is InChI=1S/C10H17N3/c1-8-7-13(3)9(11-8)12-10(2)5-4-6-10/h7H,4-6H2,1-3H3,(H,11,12). The van der Waals surface area contributed by atoms with Crippen LogP contribution >= 0.6 is 0 Å². The topological polar surface area (TPSA) is 29.9 Å². The molecule has 0 saturated heterocycles. The Morgan fingerprint density at radius 3 is 2.62 bits per heavy atom. The third-order valence-electron chi connectivity index (χ3n) is 2.87. The summed E-state index contributed by atoms with van der Waals surface area (Å²) in [5.74, 6) is 1.000. The molecule has 1 aliphatic carbocycles. The van der Waals surface area contributed by atoms with E-state index >= 15 is 0 Å². The molecule has 0 aliphatic heterocycles. The highest BCUT2D eigenvalue weighted by atomic mass is 15.2. The van der Waals surface area contributed by atoms with Gasteiger partial charge in [-0.2, -0.15) is 0 Å². The fourth-order valence-corrected chi connectivity index (χ4v) is 1.83. The number of aryl methyl sites for hydroxylation is 2. The number of nitrogens with one attached hydrogen (secondary N) is 1. The smallest absolute Gasteiger partial charge is 0.203 e. The van der Waals surface area contributed by atoms with Crippen molar-refractivity contribution in [3.63, 3.8) is 0 Å². The van der Waals surface area contributed by atoms with Gasteiger partial charge in [0.15, 0.2) is 0 Å². The van der Waals surface area contributed by atoms with Crippen molar-refractivity contribution in [1.82, 2.24) is 9.55 Å². The maximum Gasteiger partial charge on any atom is 0.203 e. The molecule has 1 aromatic rings. The summed E-state index contributed by atoms with van der Waals surface area (Å²) in [7, 11) is 2.03. The van der Waals surface area contributed by atoms with Gasteiger partial charge in [0.05, 0.1) is 5.69 Å². The maximum atomic E-state index is 4.43. The molecule has 0 unspecified atom stereocenters. The molecule has 1 heterocycles. The Morgan fingerprint density at radius 1 is 1.54 bits per heavy atom. The predicted octanol–water partition coefficient (Wildman–Crippen LogP) is 2.08. The summed E-state index contributed by atoms with van der Waals surface area (Å²) < 4.78 is 2.05. The van der Waals surface area contributed by atoms with E-state index in [9.17, 15) is 0 Å². The predicted molar refractivity (Wildman–Crippen MR) is 53.8 cm³/mol. The zero-order chi connectivity index (χ0) is 9.47. The third kappa shape index (κ3) is 1.55. The zero-order valence-electron chi connectivity index (χ0n) is 8.59. The fourth-order valence-electron chi connectivity index (χ4n) is 1.83. The van der Waals surface area contributed by atoms with Crippen molar-refractivity contribution < 1.29 is 0 Å². The van der Waals surface area contributed by atoms with Crippen molar-refractivity contribution in [2.45, 2.75) is 38.6 Å². The molecular weight excluding hydrogens is 162 g/mol. The van der Waals surface area contributed by atoms with Crippen LogP contribution in [-0.2, 0) is 7.05 Å². The first-order valence-corrected chi connectivity index (χ1v) is 4.87. The van der Waals surface area contributed by atoms with Gasteiger partial charge in [-0.1, -0.05) is 0 Å². The minimum atomic E-state index is 0.297. The second-order valence-electron chi connectivity index (χ2n) is 4.36. The summed E-state index contributed by atoms with van der Waals surface area (Å²) in [6, 6.07) is 0. The Labute approximate surface area is 79.2 Å². The van der Waals surface area contributed by atoms with E-state index < -0.39 is 0 Å². The first kappa shape index (κ1) is 8.60. The van der Waals surface area contributed by atoms with Crippen molar-refractivity contribution >= 4 is 5.95 Å². The summed E-state index contributed by atoms with van der Waals surface area (Å²) in [6.07, 6.45) is 5.91. The summed E-state index contributed by atoms with van der Waals surface area (Å²) in [5, 5.41) is 3.50. The van der Waals surface area contributed by atoms with Gasteiger partial charge in [0, 0.05) is 18.8 Å². The quantitative estimate of drug-likeness (QED) is 0.753. The molecule has 1 saturated carbocycles. The van der Waals surface area contributed by atoms with Crippen LogP contribution in [0.4, 0.5) is 5.95 Å². The number of nitrogens with zero attached hydrogens (tertiary/aromatic N) is 2. The van der Waals surface area contributed by atoms with E-state index in [1.165, 1.54) is 19.3 Å². The van der Waals surface area contributed by atoms with Crippen molar-refractivity contribution in [2.24, 2.45) is 7.05 Å². The van der Waals surface area contributed by atoms with Crippen LogP contribution in [-0.4, -0.2) is 15.1 Å². The number of aromatic nitrogens is 2. The van der Waals surface area contributed by atoms with Crippen LogP contribution in [0.5, 0.6) is 0 Å². The lowest BCUT2D eigenvalue weighted by Crippen LogP contribution is -2.42. The van der Waals surface area contributed by atoms with Gasteiger partial charge >= 0.3 is 0 Å². The summed E-state index contributed by atoms with van der Waals surface area (Å²) in [6.45, 7) is 4.29. The molecule has 0 bridgehead atoms. The summed E-state index contributed by atoms with van der Waals surface area (Å²) >= 11 is 0. The van der Waals surface area contributed by atoms with Crippen LogP contribution in [0.1, 0.15) is 31.9 Å². The number of hydrogen-bond donors (Lipinski definition) is 1. The Bertz CT molecular complexity index is 310. The SMILES string of the molecule is Cc1cn(C)c(NC2(C)CCC2)n1. The lowest BCUT2D eigenvalue weighted by molar-refractivity contribution is 0.304. The Hall–Kier alpha value is -0.990. The number of imidazole rings is 1. The summed E-state index contributed by atoms with van der Waals surface area (Å²) in [5.41, 5.74) is 1.37. The van der Waals surface area contributed by atoms with Crippen molar-refractivity contribution in [3.05, 3.63) is 11.9 Å². The lowest BCUT2D eigenvalue weighted by Gasteiger charge is -2.39. The van der Waals surface area contributed by atoms with E-state index in [4.69, 9.17) is 0 Å². The highest BCUT2D eigenvalue weighted by Gasteiger charge is 2.32. The molecule has 1 fully saturated rings. The average molecular weight is 179 g/mol. The Kier molecular flexibility index (Phi) is 1.82. The Balaban J connectivity index is 2.12. The van der Waals surface area contributed by atoms with Crippen LogP contribution in [0, 0.1) is 6.92 Å². The van der Waals surface area contributed by atoms with Crippen LogP contribution in [0.2, 0.25) is 0 Å². The minimum absolute atomic E-state index is 0.297. The molecule has 0 atom stereocenters.